The lowest BCUT2D eigenvalue weighted by Crippen LogP contribution is -2.41. The molecule has 2 atom stereocenters. The van der Waals surface area contributed by atoms with Gasteiger partial charge < -0.3 is 5.32 Å². The predicted octanol–water partition coefficient (Wildman–Crippen LogP) is 3.33. The van der Waals surface area contributed by atoms with Crippen molar-refractivity contribution < 1.29 is 13.2 Å². The fourth-order valence-corrected chi connectivity index (χ4v) is 5.21. The number of hydrogen-bond donors (Lipinski definition) is 1. The highest BCUT2D eigenvalue weighted by molar-refractivity contribution is 7.89. The van der Waals surface area contributed by atoms with E-state index >= 15 is 0 Å². The Hall–Kier alpha value is -1.40. The van der Waals surface area contributed by atoms with Gasteiger partial charge in [-0.25, -0.2) is 8.42 Å². The third-order valence-corrected chi connectivity index (χ3v) is 7.39. The maximum atomic E-state index is 12.8. The van der Waals surface area contributed by atoms with Crippen LogP contribution < -0.4 is 5.32 Å². The fraction of sp³-hybridized carbons (Fsp3) is 0.632. The van der Waals surface area contributed by atoms with Crippen molar-refractivity contribution in [3.05, 3.63) is 29.3 Å². The van der Waals surface area contributed by atoms with Crippen LogP contribution in [0, 0.1) is 12.8 Å². The molecule has 1 aliphatic carbocycles. The minimum absolute atomic E-state index is 0.172. The molecule has 25 heavy (non-hydrogen) atoms. The van der Waals surface area contributed by atoms with Gasteiger partial charge in [-0.3, -0.25) is 4.79 Å². The van der Waals surface area contributed by atoms with E-state index in [0.717, 1.165) is 19.3 Å². The van der Waals surface area contributed by atoms with E-state index in [2.05, 4.69) is 12.2 Å². The Balaban J connectivity index is 2.27. The first-order chi connectivity index (χ1) is 11.8. The molecule has 6 heteroatoms. The molecule has 1 aliphatic rings. The predicted molar refractivity (Wildman–Crippen MR) is 100 cm³/mol. The van der Waals surface area contributed by atoms with Crippen molar-refractivity contribution in [1.29, 1.82) is 0 Å². The Kier molecular flexibility index (Phi) is 6.63. The average molecular weight is 367 g/mol. The van der Waals surface area contributed by atoms with Crippen molar-refractivity contribution in [2.24, 2.45) is 5.92 Å². The number of nitrogens with zero attached hydrogens (tertiary/aromatic N) is 1. The van der Waals surface area contributed by atoms with Crippen molar-refractivity contribution in [2.75, 3.05) is 13.1 Å². The Morgan fingerprint density at radius 3 is 2.44 bits per heavy atom. The largest absolute Gasteiger partial charge is 0.349 e. The molecule has 0 radical (unpaired) electrons. The van der Waals surface area contributed by atoms with Gasteiger partial charge in [0.15, 0.2) is 0 Å². The lowest BCUT2D eigenvalue weighted by molar-refractivity contribution is 0.0910. The molecule has 0 bridgehead atoms. The molecule has 1 fully saturated rings. The van der Waals surface area contributed by atoms with Gasteiger partial charge in [-0.05, 0) is 43.4 Å². The highest BCUT2D eigenvalue weighted by atomic mass is 32.2. The fourth-order valence-electron chi connectivity index (χ4n) is 3.50. The summed E-state index contributed by atoms with van der Waals surface area (Å²) in [5.41, 5.74) is 1.07. The van der Waals surface area contributed by atoms with Crippen molar-refractivity contribution in [3.8, 4) is 0 Å². The van der Waals surface area contributed by atoms with Gasteiger partial charge in [0, 0.05) is 24.7 Å². The highest BCUT2D eigenvalue weighted by Crippen LogP contribution is 2.25. The number of hydrogen-bond acceptors (Lipinski definition) is 3. The van der Waals surface area contributed by atoms with E-state index < -0.39 is 10.0 Å². The van der Waals surface area contributed by atoms with Crippen LogP contribution in [-0.4, -0.2) is 37.8 Å². The minimum Gasteiger partial charge on any atom is -0.349 e. The zero-order valence-corrected chi connectivity index (χ0v) is 16.5. The quantitative estimate of drug-likeness (QED) is 0.840. The van der Waals surface area contributed by atoms with E-state index in [1.807, 2.05) is 13.8 Å². The number of rotatable bonds is 6. The summed E-state index contributed by atoms with van der Waals surface area (Å²) in [7, 11) is -3.58. The lowest BCUT2D eigenvalue weighted by Gasteiger charge is -2.29. The molecular formula is C19H30N2O3S. The van der Waals surface area contributed by atoms with Gasteiger partial charge in [-0.2, -0.15) is 4.31 Å². The molecule has 0 aromatic heterocycles. The van der Waals surface area contributed by atoms with Crippen LogP contribution in [0.5, 0.6) is 0 Å². The molecule has 140 valence electrons. The molecule has 0 saturated heterocycles. The van der Waals surface area contributed by atoms with E-state index in [-0.39, 0.29) is 16.8 Å². The van der Waals surface area contributed by atoms with E-state index in [1.165, 1.54) is 16.8 Å². The van der Waals surface area contributed by atoms with Crippen molar-refractivity contribution >= 4 is 15.9 Å². The van der Waals surface area contributed by atoms with Gasteiger partial charge in [0.1, 0.15) is 0 Å². The van der Waals surface area contributed by atoms with Crippen LogP contribution in [0.1, 0.15) is 62.4 Å². The van der Waals surface area contributed by atoms with E-state index in [0.29, 0.717) is 30.1 Å². The summed E-state index contributed by atoms with van der Waals surface area (Å²) in [5, 5.41) is 3.09. The Morgan fingerprint density at radius 2 is 1.84 bits per heavy atom. The number of sulfonamides is 1. The molecule has 0 heterocycles. The molecule has 1 saturated carbocycles. The molecule has 1 amide bonds. The van der Waals surface area contributed by atoms with Gasteiger partial charge in [-0.15, -0.1) is 0 Å². The molecule has 1 aromatic carbocycles. The first-order valence-electron chi connectivity index (χ1n) is 9.22. The standard InChI is InChI=1S/C19H30N2O3S/c1-5-21(6-2)25(23,24)18-13-16(12-11-15(18)4)19(22)20-17-10-8-7-9-14(17)3/h11-14,17H,5-10H2,1-4H3,(H,20,22). The molecule has 2 unspecified atom stereocenters. The van der Waals surface area contributed by atoms with Crippen LogP contribution in [-0.2, 0) is 10.0 Å². The van der Waals surface area contributed by atoms with Gasteiger partial charge in [-0.1, -0.05) is 39.7 Å². The number of carbonyl (C=O) groups is 1. The number of carbonyl (C=O) groups excluding carboxylic acids is 1. The summed E-state index contributed by atoms with van der Waals surface area (Å²) in [4.78, 5) is 12.9. The summed E-state index contributed by atoms with van der Waals surface area (Å²) in [6.45, 7) is 8.38. The molecular weight excluding hydrogens is 336 g/mol. The summed E-state index contributed by atoms with van der Waals surface area (Å²) >= 11 is 0. The summed E-state index contributed by atoms with van der Waals surface area (Å²) in [6.07, 6.45) is 4.46. The zero-order valence-electron chi connectivity index (χ0n) is 15.7. The Labute approximate surface area is 151 Å². The van der Waals surface area contributed by atoms with Crippen molar-refractivity contribution in [3.63, 3.8) is 0 Å². The van der Waals surface area contributed by atoms with Crippen LogP contribution in [0.4, 0.5) is 0 Å². The summed E-state index contributed by atoms with van der Waals surface area (Å²) < 4.78 is 27.1. The average Bonchev–Trinajstić information content (AvgIpc) is 2.58. The first-order valence-corrected chi connectivity index (χ1v) is 10.7. The van der Waals surface area contributed by atoms with E-state index in [1.54, 1.807) is 19.1 Å². The second kappa shape index (κ2) is 8.32. The van der Waals surface area contributed by atoms with Crippen LogP contribution in [0.25, 0.3) is 0 Å². The second-order valence-electron chi connectivity index (χ2n) is 6.91. The first kappa shape index (κ1) is 19.9. The van der Waals surface area contributed by atoms with E-state index in [9.17, 15) is 13.2 Å². The van der Waals surface area contributed by atoms with Crippen LogP contribution in [0.2, 0.25) is 0 Å². The molecule has 0 spiro atoms. The maximum Gasteiger partial charge on any atom is 0.251 e. The van der Waals surface area contributed by atoms with Crippen LogP contribution in [0.3, 0.4) is 0 Å². The van der Waals surface area contributed by atoms with Crippen molar-refractivity contribution in [2.45, 2.75) is 64.3 Å². The van der Waals surface area contributed by atoms with Crippen molar-refractivity contribution in [1.82, 2.24) is 9.62 Å². The van der Waals surface area contributed by atoms with Crippen LogP contribution >= 0.6 is 0 Å². The minimum atomic E-state index is -3.58. The lowest BCUT2D eigenvalue weighted by atomic mass is 9.86. The summed E-state index contributed by atoms with van der Waals surface area (Å²) in [5.74, 6) is 0.275. The third kappa shape index (κ3) is 4.42. The maximum absolute atomic E-state index is 12.8. The number of benzene rings is 1. The molecule has 1 aromatic rings. The van der Waals surface area contributed by atoms with Gasteiger partial charge >= 0.3 is 0 Å². The zero-order chi connectivity index (χ0) is 18.6. The molecule has 2 rings (SSSR count). The van der Waals surface area contributed by atoms with E-state index in [4.69, 9.17) is 0 Å². The van der Waals surface area contributed by atoms with Gasteiger partial charge in [0.05, 0.1) is 4.90 Å². The number of aryl methyl sites for hydroxylation is 1. The Bertz CT molecular complexity index is 711. The Morgan fingerprint density at radius 1 is 1.20 bits per heavy atom. The normalized spacial score (nSPS) is 21.3. The van der Waals surface area contributed by atoms with Gasteiger partial charge in [0.2, 0.25) is 10.0 Å². The molecule has 0 aliphatic heterocycles. The number of amides is 1. The highest BCUT2D eigenvalue weighted by Gasteiger charge is 2.26. The third-order valence-electron chi connectivity index (χ3n) is 5.20. The SMILES string of the molecule is CCN(CC)S(=O)(=O)c1cc(C(=O)NC2CCCCC2C)ccc1C. The van der Waals surface area contributed by atoms with Crippen LogP contribution in [0.15, 0.2) is 23.1 Å². The number of nitrogens with one attached hydrogen (secondary N) is 1. The smallest absolute Gasteiger partial charge is 0.251 e. The molecule has 1 N–H and O–H groups in total. The second-order valence-corrected chi connectivity index (χ2v) is 8.82. The molecule has 5 nitrogen and oxygen atoms in total. The summed E-state index contributed by atoms with van der Waals surface area (Å²) in [6, 6.07) is 5.12. The monoisotopic (exact) mass is 366 g/mol. The topological polar surface area (TPSA) is 66.5 Å². The van der Waals surface area contributed by atoms with Gasteiger partial charge in [0.25, 0.3) is 5.91 Å².